The van der Waals surface area contributed by atoms with Crippen LogP contribution in [0.15, 0.2) is 24.3 Å². The topological polar surface area (TPSA) is 0 Å². The number of halogens is 2. The van der Waals surface area contributed by atoms with Crippen LogP contribution in [0, 0.1) is 5.82 Å². The van der Waals surface area contributed by atoms with Crippen LogP contribution in [0.1, 0.15) is 5.56 Å². The molecular weight excluding hydrogens is 248 g/mol. The van der Waals surface area contributed by atoms with Gasteiger partial charge in [-0.25, -0.2) is 4.39 Å². The predicted molar refractivity (Wildman–Crippen MR) is 39.0 cm³/mol. The molecule has 3 heteroatoms. The van der Waals surface area contributed by atoms with Gasteiger partial charge in [0, 0.05) is 24.8 Å². The molecule has 0 heterocycles. The Balaban J connectivity index is 0.000000810. The number of rotatable bonds is 1. The minimum Gasteiger partial charge on any atom is -0.207 e. The first-order valence-corrected chi connectivity index (χ1v) is 3.75. The van der Waals surface area contributed by atoms with Gasteiger partial charge in [0.25, 0.3) is 0 Å². The van der Waals surface area contributed by atoms with Crippen molar-refractivity contribution in [3.05, 3.63) is 35.6 Å². The zero-order valence-corrected chi connectivity index (χ0v) is 10.0. The second-order valence-electron chi connectivity index (χ2n) is 1.76. The Morgan fingerprint density at radius 2 is 2.10 bits per heavy atom. The molecule has 1 aromatic carbocycles. The second kappa shape index (κ2) is 4.98. The van der Waals surface area contributed by atoms with Crippen molar-refractivity contribution in [3.63, 3.8) is 0 Å². The molecule has 0 saturated heterocycles. The van der Waals surface area contributed by atoms with Crippen LogP contribution in [-0.4, -0.2) is 0 Å². The summed E-state index contributed by atoms with van der Waals surface area (Å²) in [6, 6.07) is 6.52. The first-order valence-electron chi connectivity index (χ1n) is 2.63. The summed E-state index contributed by atoms with van der Waals surface area (Å²) in [6.07, 6.45) is 0. The molecule has 1 aromatic rings. The normalized spacial score (nSPS) is 8.60. The van der Waals surface area contributed by atoms with Crippen molar-refractivity contribution in [2.75, 3.05) is 0 Å². The van der Waals surface area contributed by atoms with E-state index in [1.165, 1.54) is 12.1 Å². The molecule has 1 rings (SSSR count). The Morgan fingerprint density at radius 1 is 1.40 bits per heavy atom. The summed E-state index contributed by atoms with van der Waals surface area (Å²) >= 11 is 3.22. The van der Waals surface area contributed by atoms with Gasteiger partial charge in [0.2, 0.25) is 0 Å². The number of alkyl halides is 1. The fourth-order valence-corrected chi connectivity index (χ4v) is 0.969. The molecule has 0 aromatic heterocycles. The van der Waals surface area contributed by atoms with Crippen molar-refractivity contribution >= 4 is 15.9 Å². The molecule has 0 radical (unpaired) electrons. The standard InChI is InChI=1S/C7H6BrF.Zn/c8-5-6-2-1-3-7(9)4-6;/h1-4H,5H2;. The van der Waals surface area contributed by atoms with E-state index >= 15 is 0 Å². The maximum Gasteiger partial charge on any atom is 0.123 e. The molecule has 0 spiro atoms. The largest absolute Gasteiger partial charge is 0.207 e. The summed E-state index contributed by atoms with van der Waals surface area (Å²) in [6.45, 7) is 0. The molecule has 50 valence electrons. The number of hydrogen-bond donors (Lipinski definition) is 0. The SMILES string of the molecule is Fc1cccc(CBr)c1.[Zn]. The van der Waals surface area contributed by atoms with Crippen molar-refractivity contribution in [2.24, 2.45) is 0 Å². The minimum absolute atomic E-state index is 0. The van der Waals surface area contributed by atoms with Gasteiger partial charge in [-0.3, -0.25) is 0 Å². The van der Waals surface area contributed by atoms with E-state index in [1.54, 1.807) is 6.07 Å². The first kappa shape index (κ1) is 10.3. The van der Waals surface area contributed by atoms with Gasteiger partial charge in [0.15, 0.2) is 0 Å². The zero-order valence-electron chi connectivity index (χ0n) is 5.48. The smallest absolute Gasteiger partial charge is 0.123 e. The van der Waals surface area contributed by atoms with E-state index in [2.05, 4.69) is 15.9 Å². The fourth-order valence-electron chi connectivity index (χ4n) is 0.620. The van der Waals surface area contributed by atoms with Crippen molar-refractivity contribution in [1.29, 1.82) is 0 Å². The van der Waals surface area contributed by atoms with Gasteiger partial charge in [-0.05, 0) is 17.7 Å². The van der Waals surface area contributed by atoms with Crippen molar-refractivity contribution in [1.82, 2.24) is 0 Å². The summed E-state index contributed by atoms with van der Waals surface area (Å²) in [7, 11) is 0. The molecule has 0 aliphatic carbocycles. The van der Waals surface area contributed by atoms with Gasteiger partial charge in [0.05, 0.1) is 0 Å². The Bertz CT molecular complexity index is 203. The van der Waals surface area contributed by atoms with E-state index in [1.807, 2.05) is 6.07 Å². The summed E-state index contributed by atoms with van der Waals surface area (Å²) in [5, 5.41) is 0.713. The van der Waals surface area contributed by atoms with Gasteiger partial charge in [-0.1, -0.05) is 28.1 Å². The van der Waals surface area contributed by atoms with E-state index in [0.29, 0.717) is 5.33 Å². The van der Waals surface area contributed by atoms with Crippen LogP contribution in [0.3, 0.4) is 0 Å². The van der Waals surface area contributed by atoms with Crippen molar-refractivity contribution < 1.29 is 23.9 Å². The molecule has 0 atom stereocenters. The van der Waals surface area contributed by atoms with Gasteiger partial charge >= 0.3 is 0 Å². The third-order valence-corrected chi connectivity index (χ3v) is 1.69. The summed E-state index contributed by atoms with van der Waals surface area (Å²) in [5.74, 6) is -0.174. The van der Waals surface area contributed by atoms with Crippen LogP contribution >= 0.6 is 15.9 Å². The molecule has 10 heavy (non-hydrogen) atoms. The molecule has 0 saturated carbocycles. The van der Waals surface area contributed by atoms with Gasteiger partial charge in [0.1, 0.15) is 5.82 Å². The quantitative estimate of drug-likeness (QED) is 0.534. The van der Waals surface area contributed by atoms with Gasteiger partial charge in [-0.2, -0.15) is 0 Å². The average molecular weight is 254 g/mol. The molecule has 0 aliphatic heterocycles. The van der Waals surface area contributed by atoms with Crippen LogP contribution in [-0.2, 0) is 24.8 Å². The maximum absolute atomic E-state index is 12.3. The molecule has 0 aliphatic rings. The molecule has 0 N–H and O–H groups in total. The first-order chi connectivity index (χ1) is 4.33. The Labute approximate surface area is 80.7 Å². The van der Waals surface area contributed by atoms with E-state index in [-0.39, 0.29) is 25.3 Å². The number of benzene rings is 1. The molecule has 0 bridgehead atoms. The van der Waals surface area contributed by atoms with Crippen LogP contribution in [0.5, 0.6) is 0 Å². The summed E-state index contributed by atoms with van der Waals surface area (Å²) in [5.41, 5.74) is 0.968. The summed E-state index contributed by atoms with van der Waals surface area (Å²) in [4.78, 5) is 0. The molecule has 0 amide bonds. The van der Waals surface area contributed by atoms with E-state index in [0.717, 1.165) is 5.56 Å². The Hall–Kier alpha value is 0.253. The zero-order chi connectivity index (χ0) is 6.69. The van der Waals surface area contributed by atoms with Gasteiger partial charge in [-0.15, -0.1) is 0 Å². The second-order valence-corrected chi connectivity index (χ2v) is 2.32. The molecule has 0 unspecified atom stereocenters. The number of hydrogen-bond acceptors (Lipinski definition) is 0. The average Bonchev–Trinajstić information content (AvgIpc) is 1.88. The van der Waals surface area contributed by atoms with Crippen molar-refractivity contribution in [2.45, 2.75) is 5.33 Å². The maximum atomic E-state index is 12.3. The van der Waals surface area contributed by atoms with E-state index < -0.39 is 0 Å². The molecular formula is C7H6BrFZn. The van der Waals surface area contributed by atoms with E-state index in [9.17, 15) is 4.39 Å². The third kappa shape index (κ3) is 2.89. The minimum atomic E-state index is -0.174. The third-order valence-electron chi connectivity index (χ3n) is 1.04. The van der Waals surface area contributed by atoms with Gasteiger partial charge < -0.3 is 0 Å². The molecule has 0 fully saturated rings. The summed E-state index contributed by atoms with van der Waals surface area (Å²) < 4.78 is 12.3. The molecule has 0 nitrogen and oxygen atoms in total. The Kier molecular flexibility index (Phi) is 5.10. The predicted octanol–water partition coefficient (Wildman–Crippen LogP) is 2.72. The monoisotopic (exact) mass is 252 g/mol. The van der Waals surface area contributed by atoms with Crippen LogP contribution in [0.25, 0.3) is 0 Å². The van der Waals surface area contributed by atoms with Crippen molar-refractivity contribution in [3.8, 4) is 0 Å². The Morgan fingerprint density at radius 3 is 2.50 bits per heavy atom. The van der Waals surface area contributed by atoms with Crippen LogP contribution in [0.2, 0.25) is 0 Å². The fraction of sp³-hybridized carbons (Fsp3) is 0.143. The van der Waals surface area contributed by atoms with Crippen LogP contribution in [0.4, 0.5) is 4.39 Å². The van der Waals surface area contributed by atoms with Crippen LogP contribution < -0.4 is 0 Å². The van der Waals surface area contributed by atoms with E-state index in [4.69, 9.17) is 0 Å².